The van der Waals surface area contributed by atoms with E-state index in [-0.39, 0.29) is 52.0 Å². The lowest BCUT2D eigenvalue weighted by Gasteiger charge is -2.35. The molecule has 0 heterocycles. The molecule has 2 amide bonds. The molecule has 1 saturated carbocycles. The first kappa shape index (κ1) is 37.4. The Bertz CT molecular complexity index is 1720. The minimum absolute atomic E-state index is 0.00553. The third-order valence-corrected chi connectivity index (χ3v) is 10.9. The standard InChI is InChI=1S/C34H40Cl3N3O7S/c1-5-28(34(42)38-25-9-7-6-8-10-25)39(20-22-11-12-23(35)17-27(22)37)33(41)21-40(29-18-24(36)13-15-30(29)45-2)48(43,44)26-14-16-31(46-3)32(19-26)47-4/h11-19,25,28H,5-10,20-21H2,1-4H3,(H,38,42)/t28-/m1/s1. The van der Waals surface area contributed by atoms with Gasteiger partial charge in [0.05, 0.1) is 31.9 Å². The normalized spacial score (nSPS) is 14.1. The van der Waals surface area contributed by atoms with E-state index in [2.05, 4.69) is 5.32 Å². The van der Waals surface area contributed by atoms with Crippen LogP contribution in [-0.4, -0.2) is 65.1 Å². The zero-order valence-electron chi connectivity index (χ0n) is 27.3. The van der Waals surface area contributed by atoms with Gasteiger partial charge >= 0.3 is 0 Å². The Balaban J connectivity index is 1.81. The number of hydrogen-bond acceptors (Lipinski definition) is 7. The Kier molecular flexibility index (Phi) is 13.1. The van der Waals surface area contributed by atoms with Gasteiger partial charge in [-0.2, -0.15) is 0 Å². The van der Waals surface area contributed by atoms with Crippen LogP contribution in [0.3, 0.4) is 0 Å². The topological polar surface area (TPSA) is 114 Å². The van der Waals surface area contributed by atoms with E-state index in [0.717, 1.165) is 36.4 Å². The number of nitrogens with zero attached hydrogens (tertiary/aromatic N) is 2. The molecule has 1 fully saturated rings. The summed E-state index contributed by atoms with van der Waals surface area (Å²) < 4.78 is 46.0. The van der Waals surface area contributed by atoms with Crippen LogP contribution in [0, 0.1) is 0 Å². The molecule has 1 aliphatic carbocycles. The summed E-state index contributed by atoms with van der Waals surface area (Å²) >= 11 is 19.1. The van der Waals surface area contributed by atoms with Crippen LogP contribution in [0.5, 0.6) is 17.2 Å². The molecular formula is C34H40Cl3N3O7S. The van der Waals surface area contributed by atoms with Crippen LogP contribution < -0.4 is 23.8 Å². The molecule has 1 aliphatic rings. The van der Waals surface area contributed by atoms with E-state index in [1.54, 1.807) is 31.2 Å². The summed E-state index contributed by atoms with van der Waals surface area (Å²) in [6, 6.07) is 12.5. The second-order valence-electron chi connectivity index (χ2n) is 11.4. The number of amides is 2. The summed E-state index contributed by atoms with van der Waals surface area (Å²) in [6.07, 6.45) is 5.10. The lowest BCUT2D eigenvalue weighted by Crippen LogP contribution is -2.54. The molecule has 10 nitrogen and oxygen atoms in total. The van der Waals surface area contributed by atoms with Gasteiger partial charge < -0.3 is 24.4 Å². The van der Waals surface area contributed by atoms with Crippen molar-refractivity contribution in [1.82, 2.24) is 10.2 Å². The molecule has 260 valence electrons. The van der Waals surface area contributed by atoms with Crippen LogP contribution in [0.1, 0.15) is 51.0 Å². The predicted octanol–water partition coefficient (Wildman–Crippen LogP) is 7.12. The van der Waals surface area contributed by atoms with E-state index in [1.807, 2.05) is 0 Å². The van der Waals surface area contributed by atoms with Gasteiger partial charge in [0, 0.05) is 33.7 Å². The molecule has 48 heavy (non-hydrogen) atoms. The molecule has 0 aromatic heterocycles. The lowest BCUT2D eigenvalue weighted by atomic mass is 9.95. The molecule has 4 rings (SSSR count). The number of sulfonamides is 1. The molecule has 0 aliphatic heterocycles. The monoisotopic (exact) mass is 739 g/mol. The second-order valence-corrected chi connectivity index (χ2v) is 14.5. The Morgan fingerprint density at radius 1 is 0.854 bits per heavy atom. The SMILES string of the molecule is CC[C@H](C(=O)NC1CCCCC1)N(Cc1ccc(Cl)cc1Cl)C(=O)CN(c1cc(Cl)ccc1OC)S(=O)(=O)c1ccc(OC)c(OC)c1. The van der Waals surface area contributed by atoms with Crippen LogP contribution in [0.4, 0.5) is 5.69 Å². The Morgan fingerprint density at radius 2 is 1.48 bits per heavy atom. The number of methoxy groups -OCH3 is 3. The minimum Gasteiger partial charge on any atom is -0.495 e. The van der Waals surface area contributed by atoms with E-state index in [9.17, 15) is 18.0 Å². The van der Waals surface area contributed by atoms with Gasteiger partial charge in [-0.15, -0.1) is 0 Å². The number of halogens is 3. The second kappa shape index (κ2) is 16.8. The molecular weight excluding hydrogens is 701 g/mol. The molecule has 1 N–H and O–H groups in total. The quantitative estimate of drug-likeness (QED) is 0.187. The maximum Gasteiger partial charge on any atom is 0.265 e. The number of hydrogen-bond donors (Lipinski definition) is 1. The average Bonchev–Trinajstić information content (AvgIpc) is 3.07. The smallest absolute Gasteiger partial charge is 0.265 e. The van der Waals surface area contributed by atoms with Crippen LogP contribution in [0.15, 0.2) is 59.5 Å². The van der Waals surface area contributed by atoms with Crippen LogP contribution >= 0.6 is 34.8 Å². The van der Waals surface area contributed by atoms with E-state index < -0.39 is 28.5 Å². The van der Waals surface area contributed by atoms with Gasteiger partial charge in [0.15, 0.2) is 11.5 Å². The molecule has 3 aromatic carbocycles. The van der Waals surface area contributed by atoms with Crippen LogP contribution in [-0.2, 0) is 26.2 Å². The van der Waals surface area contributed by atoms with Crippen LogP contribution in [0.2, 0.25) is 15.1 Å². The van der Waals surface area contributed by atoms with Crippen molar-refractivity contribution in [2.75, 3.05) is 32.2 Å². The largest absolute Gasteiger partial charge is 0.495 e. The molecule has 0 radical (unpaired) electrons. The number of rotatable bonds is 14. The van der Waals surface area contributed by atoms with Crippen molar-refractivity contribution >= 4 is 62.3 Å². The highest BCUT2D eigenvalue weighted by Crippen LogP contribution is 2.37. The van der Waals surface area contributed by atoms with Gasteiger partial charge in [0.2, 0.25) is 11.8 Å². The Labute approximate surface area is 297 Å². The van der Waals surface area contributed by atoms with Crippen molar-refractivity contribution in [3.8, 4) is 17.2 Å². The first-order valence-corrected chi connectivity index (χ1v) is 18.1. The van der Waals surface area contributed by atoms with E-state index >= 15 is 0 Å². The molecule has 3 aromatic rings. The predicted molar refractivity (Wildman–Crippen MR) is 188 cm³/mol. The summed E-state index contributed by atoms with van der Waals surface area (Å²) in [4.78, 5) is 29.5. The lowest BCUT2D eigenvalue weighted by molar-refractivity contribution is -0.140. The van der Waals surface area contributed by atoms with E-state index in [1.165, 1.54) is 56.6 Å². The number of ether oxygens (including phenoxy) is 3. The highest BCUT2D eigenvalue weighted by molar-refractivity contribution is 7.92. The number of carbonyl (C=O) groups is 2. The van der Waals surface area contributed by atoms with Gasteiger partial charge in [-0.1, -0.05) is 67.1 Å². The molecule has 0 bridgehead atoms. The highest BCUT2D eigenvalue weighted by atomic mass is 35.5. The number of carbonyl (C=O) groups excluding carboxylic acids is 2. The Morgan fingerprint density at radius 3 is 2.10 bits per heavy atom. The highest BCUT2D eigenvalue weighted by Gasteiger charge is 2.36. The zero-order chi connectivity index (χ0) is 35.0. The van der Waals surface area contributed by atoms with Crippen molar-refractivity contribution in [2.45, 2.75) is 69.0 Å². The summed E-state index contributed by atoms with van der Waals surface area (Å²) in [6.45, 7) is 1.02. The zero-order valence-corrected chi connectivity index (χ0v) is 30.4. The van der Waals surface area contributed by atoms with Gasteiger partial charge in [-0.25, -0.2) is 8.42 Å². The number of benzene rings is 3. The number of anilines is 1. The molecule has 0 unspecified atom stereocenters. The van der Waals surface area contributed by atoms with Crippen molar-refractivity contribution in [1.29, 1.82) is 0 Å². The summed E-state index contributed by atoms with van der Waals surface area (Å²) in [5.74, 6) is -0.326. The Hall–Kier alpha value is -3.38. The number of nitrogens with one attached hydrogen (secondary N) is 1. The third kappa shape index (κ3) is 8.80. The van der Waals surface area contributed by atoms with E-state index in [0.29, 0.717) is 21.4 Å². The van der Waals surface area contributed by atoms with Crippen molar-refractivity contribution in [2.24, 2.45) is 0 Å². The minimum atomic E-state index is -4.48. The average molecular weight is 741 g/mol. The first-order valence-electron chi connectivity index (χ1n) is 15.6. The fourth-order valence-corrected chi connectivity index (χ4v) is 7.84. The van der Waals surface area contributed by atoms with Gasteiger partial charge in [0.1, 0.15) is 18.3 Å². The maximum atomic E-state index is 14.5. The fourth-order valence-electron chi connectivity index (χ4n) is 5.77. The molecule has 0 saturated heterocycles. The van der Waals surface area contributed by atoms with Crippen molar-refractivity contribution in [3.63, 3.8) is 0 Å². The molecule has 14 heteroatoms. The first-order chi connectivity index (χ1) is 22.9. The van der Waals surface area contributed by atoms with Crippen molar-refractivity contribution < 1.29 is 32.2 Å². The summed E-state index contributed by atoms with van der Waals surface area (Å²) in [7, 11) is -0.280. The third-order valence-electron chi connectivity index (χ3n) is 8.32. The molecule has 0 spiro atoms. The fraction of sp³-hybridized carbons (Fsp3) is 0.412. The van der Waals surface area contributed by atoms with Gasteiger partial charge in [0.25, 0.3) is 10.0 Å². The maximum absolute atomic E-state index is 14.5. The van der Waals surface area contributed by atoms with Gasteiger partial charge in [-0.05, 0) is 67.3 Å². The van der Waals surface area contributed by atoms with Crippen LogP contribution in [0.25, 0.3) is 0 Å². The van der Waals surface area contributed by atoms with E-state index in [4.69, 9.17) is 49.0 Å². The summed E-state index contributed by atoms with van der Waals surface area (Å²) in [5.41, 5.74) is 0.560. The summed E-state index contributed by atoms with van der Waals surface area (Å²) in [5, 5.41) is 4.05. The molecule has 1 atom stereocenters. The van der Waals surface area contributed by atoms with Crippen molar-refractivity contribution in [3.05, 3.63) is 75.2 Å². The van der Waals surface area contributed by atoms with Gasteiger partial charge in [-0.3, -0.25) is 13.9 Å².